The molecule has 1 aromatic carbocycles. The van der Waals surface area contributed by atoms with Crippen LogP contribution >= 0.6 is 11.6 Å². The molecule has 1 fully saturated rings. The molecule has 158 valence electrons. The summed E-state index contributed by atoms with van der Waals surface area (Å²) in [7, 11) is 1.77. The summed E-state index contributed by atoms with van der Waals surface area (Å²) in [4.78, 5) is 31.6. The quantitative estimate of drug-likeness (QED) is 0.774. The highest BCUT2D eigenvalue weighted by Crippen LogP contribution is 2.21. The number of rotatable bonds is 3. The molecule has 2 N–H and O–H groups in total. The van der Waals surface area contributed by atoms with E-state index < -0.39 is 5.60 Å². The Labute approximate surface area is 176 Å². The maximum absolute atomic E-state index is 12.6. The Bertz CT molecular complexity index is 890. The van der Waals surface area contributed by atoms with Crippen LogP contribution in [0.1, 0.15) is 39.3 Å². The number of carbonyl (C=O) groups excluding carboxylic acids is 2. The lowest BCUT2D eigenvalue weighted by molar-refractivity contribution is 0.0145. The van der Waals surface area contributed by atoms with Gasteiger partial charge in [0.15, 0.2) is 0 Å². The summed E-state index contributed by atoms with van der Waals surface area (Å²) < 4.78 is 5.46. The van der Waals surface area contributed by atoms with E-state index in [9.17, 15) is 9.59 Å². The number of amides is 3. The van der Waals surface area contributed by atoms with Crippen LogP contribution in [0, 0.1) is 0 Å². The fraction of sp³-hybridized carbons (Fsp3) is 0.524. The molecule has 3 amide bonds. The molecule has 0 radical (unpaired) electrons. The van der Waals surface area contributed by atoms with E-state index in [-0.39, 0.29) is 18.2 Å². The third kappa shape index (κ3) is 5.56. The van der Waals surface area contributed by atoms with Crippen molar-refractivity contribution in [3.05, 3.63) is 35.0 Å². The number of benzene rings is 1. The Hall–Kier alpha value is -2.41. The molecule has 2 heterocycles. The summed E-state index contributed by atoms with van der Waals surface area (Å²) in [6, 6.07) is 7.40. The van der Waals surface area contributed by atoms with E-state index in [0.29, 0.717) is 24.7 Å². The summed E-state index contributed by atoms with van der Waals surface area (Å²) in [5.41, 5.74) is 1.35. The fourth-order valence-electron chi connectivity index (χ4n) is 3.48. The third-order valence-corrected chi connectivity index (χ3v) is 5.22. The lowest BCUT2D eigenvalue weighted by Gasteiger charge is -2.38. The van der Waals surface area contributed by atoms with Gasteiger partial charge in [0.05, 0.1) is 12.6 Å². The van der Waals surface area contributed by atoms with E-state index in [1.165, 1.54) is 0 Å². The van der Waals surface area contributed by atoms with E-state index in [4.69, 9.17) is 16.3 Å². The largest absolute Gasteiger partial charge is 0.444 e. The number of likely N-dealkylation sites (N-methyl/N-ethyl adjacent to an activating group) is 1. The molecule has 8 heteroatoms. The fourth-order valence-corrected chi connectivity index (χ4v) is 3.66. The Morgan fingerprint density at radius 1 is 1.34 bits per heavy atom. The van der Waals surface area contributed by atoms with Gasteiger partial charge in [-0.05, 0) is 57.9 Å². The predicted octanol–water partition coefficient (Wildman–Crippen LogP) is 4.36. The van der Waals surface area contributed by atoms with Crippen molar-refractivity contribution in [2.75, 3.05) is 20.1 Å². The van der Waals surface area contributed by atoms with Crippen molar-refractivity contribution in [3.8, 4) is 0 Å². The normalized spacial score (nSPS) is 17.3. The van der Waals surface area contributed by atoms with Crippen molar-refractivity contribution < 1.29 is 14.3 Å². The molecule has 0 saturated carbocycles. The average Bonchev–Trinajstić information content (AvgIpc) is 3.06. The van der Waals surface area contributed by atoms with Crippen LogP contribution in [0.25, 0.3) is 10.9 Å². The minimum absolute atomic E-state index is 0.0437. The van der Waals surface area contributed by atoms with Gasteiger partial charge in [0.25, 0.3) is 0 Å². The molecule has 1 saturated heterocycles. The molecule has 1 aromatic heterocycles. The van der Waals surface area contributed by atoms with Gasteiger partial charge < -0.3 is 24.8 Å². The monoisotopic (exact) mass is 420 g/mol. The number of hydrogen-bond acceptors (Lipinski definition) is 3. The maximum atomic E-state index is 12.6. The number of piperidine rings is 1. The second-order valence-corrected chi connectivity index (χ2v) is 8.95. The van der Waals surface area contributed by atoms with Crippen molar-refractivity contribution in [2.24, 2.45) is 0 Å². The van der Waals surface area contributed by atoms with E-state index in [1.54, 1.807) is 16.8 Å². The molecular formula is C21H29ClN4O3. The third-order valence-electron chi connectivity index (χ3n) is 4.98. The number of H-pyrrole nitrogens is 1. The van der Waals surface area contributed by atoms with Crippen molar-refractivity contribution >= 4 is 34.6 Å². The Morgan fingerprint density at radius 3 is 2.83 bits per heavy atom. The van der Waals surface area contributed by atoms with Crippen LogP contribution in [0.5, 0.6) is 0 Å². The summed E-state index contributed by atoms with van der Waals surface area (Å²) >= 11 is 6.03. The van der Waals surface area contributed by atoms with Crippen molar-refractivity contribution in [1.29, 1.82) is 0 Å². The lowest BCUT2D eigenvalue weighted by Crippen LogP contribution is -2.53. The van der Waals surface area contributed by atoms with E-state index in [0.717, 1.165) is 29.4 Å². The highest BCUT2D eigenvalue weighted by molar-refractivity contribution is 6.31. The first-order chi connectivity index (χ1) is 13.6. The first-order valence-corrected chi connectivity index (χ1v) is 10.3. The van der Waals surface area contributed by atoms with E-state index in [2.05, 4.69) is 10.3 Å². The van der Waals surface area contributed by atoms with Gasteiger partial charge in [-0.2, -0.15) is 0 Å². The second kappa shape index (κ2) is 8.53. The summed E-state index contributed by atoms with van der Waals surface area (Å²) in [6.45, 7) is 7.07. The van der Waals surface area contributed by atoms with Crippen molar-refractivity contribution in [1.82, 2.24) is 20.1 Å². The van der Waals surface area contributed by atoms with Gasteiger partial charge in [0.1, 0.15) is 5.60 Å². The number of fused-ring (bicyclic) bond motifs is 1. The molecule has 1 atom stereocenters. The van der Waals surface area contributed by atoms with Crippen molar-refractivity contribution in [2.45, 2.75) is 51.8 Å². The molecule has 0 aliphatic carbocycles. The van der Waals surface area contributed by atoms with Crippen LogP contribution in [-0.2, 0) is 11.3 Å². The van der Waals surface area contributed by atoms with Gasteiger partial charge in [-0.3, -0.25) is 0 Å². The van der Waals surface area contributed by atoms with Gasteiger partial charge in [0, 0.05) is 41.8 Å². The molecule has 1 aliphatic rings. The topological polar surface area (TPSA) is 77.7 Å². The summed E-state index contributed by atoms with van der Waals surface area (Å²) in [5.74, 6) is 0. The highest BCUT2D eigenvalue weighted by Gasteiger charge is 2.31. The first kappa shape index (κ1) is 21.3. The van der Waals surface area contributed by atoms with E-state index in [1.807, 2.05) is 45.0 Å². The molecule has 0 bridgehead atoms. The average molecular weight is 421 g/mol. The number of nitrogens with zero attached hydrogens (tertiary/aromatic N) is 2. The van der Waals surface area contributed by atoms with Crippen LogP contribution in [0.3, 0.4) is 0 Å². The van der Waals surface area contributed by atoms with Gasteiger partial charge >= 0.3 is 12.1 Å². The Kier molecular flexibility index (Phi) is 6.27. The molecular weight excluding hydrogens is 392 g/mol. The Balaban J connectivity index is 1.55. The van der Waals surface area contributed by atoms with Crippen molar-refractivity contribution in [3.63, 3.8) is 0 Å². The molecule has 29 heavy (non-hydrogen) atoms. The maximum Gasteiger partial charge on any atom is 0.410 e. The highest BCUT2D eigenvalue weighted by atomic mass is 35.5. The van der Waals surface area contributed by atoms with Crippen LogP contribution in [0.2, 0.25) is 5.02 Å². The Morgan fingerprint density at radius 2 is 2.10 bits per heavy atom. The number of halogens is 1. The lowest BCUT2D eigenvalue weighted by atomic mass is 10.1. The van der Waals surface area contributed by atoms with Gasteiger partial charge in [0.2, 0.25) is 0 Å². The number of likely N-dealkylation sites (tertiary alicyclic amines) is 1. The zero-order valence-electron chi connectivity index (χ0n) is 17.4. The number of hydrogen-bond donors (Lipinski definition) is 2. The molecule has 7 nitrogen and oxygen atoms in total. The SMILES string of the molecule is CN(C(=O)NCc1cc2cc(Cl)ccc2[nH]1)[C@@H]1CCCN(C(=O)OC(C)(C)C)C1. The number of urea groups is 1. The number of carbonyl (C=O) groups is 2. The molecule has 1 aliphatic heterocycles. The molecule has 0 unspecified atom stereocenters. The zero-order chi connectivity index (χ0) is 21.2. The number of nitrogens with one attached hydrogen (secondary N) is 2. The van der Waals surface area contributed by atoms with Crippen LogP contribution in [0.4, 0.5) is 9.59 Å². The van der Waals surface area contributed by atoms with Crippen LogP contribution < -0.4 is 5.32 Å². The smallest absolute Gasteiger partial charge is 0.410 e. The second-order valence-electron chi connectivity index (χ2n) is 8.52. The summed E-state index contributed by atoms with van der Waals surface area (Å²) in [6.07, 6.45) is 1.37. The number of aromatic nitrogens is 1. The zero-order valence-corrected chi connectivity index (χ0v) is 18.2. The number of ether oxygens (including phenoxy) is 1. The van der Waals surface area contributed by atoms with Gasteiger partial charge in [-0.1, -0.05) is 11.6 Å². The standard InChI is InChI=1S/C21H29ClN4O3/c1-21(2,3)29-20(28)26-9-5-6-17(13-26)25(4)19(27)23-12-16-11-14-10-15(22)7-8-18(14)24-16/h7-8,10-11,17,24H,5-6,9,12-13H2,1-4H3,(H,23,27)/t17-/m1/s1. The molecule has 2 aromatic rings. The van der Waals surface area contributed by atoms with E-state index >= 15 is 0 Å². The predicted molar refractivity (Wildman–Crippen MR) is 114 cm³/mol. The molecule has 3 rings (SSSR count). The minimum atomic E-state index is -0.531. The first-order valence-electron chi connectivity index (χ1n) is 9.88. The minimum Gasteiger partial charge on any atom is -0.444 e. The van der Waals surface area contributed by atoms with Crippen LogP contribution in [0.15, 0.2) is 24.3 Å². The number of aromatic amines is 1. The summed E-state index contributed by atoms with van der Waals surface area (Å²) in [5, 5.41) is 4.63. The van der Waals surface area contributed by atoms with Gasteiger partial charge in [-0.15, -0.1) is 0 Å². The molecule has 0 spiro atoms. The van der Waals surface area contributed by atoms with Gasteiger partial charge in [-0.25, -0.2) is 9.59 Å². The van der Waals surface area contributed by atoms with Crippen LogP contribution in [-0.4, -0.2) is 58.7 Å².